The minimum absolute atomic E-state index is 0.639. The minimum atomic E-state index is 0.639. The van der Waals surface area contributed by atoms with E-state index in [2.05, 4.69) is 15.3 Å². The van der Waals surface area contributed by atoms with Crippen molar-refractivity contribution in [1.82, 2.24) is 24.4 Å². The largest absolute Gasteiger partial charge is 0.277 e. The number of pyridine rings is 1. The number of hydrogen-bond acceptors (Lipinski definition) is 4. The SMILES string of the molecule is Cc1nn(-c2ccccc2)c(Cl)c1CSc1nnc2ccccn12. The molecule has 7 heteroatoms. The molecule has 3 heterocycles. The van der Waals surface area contributed by atoms with E-state index in [0.717, 1.165) is 27.7 Å². The van der Waals surface area contributed by atoms with Crippen LogP contribution in [-0.4, -0.2) is 24.4 Å². The highest BCUT2D eigenvalue weighted by Gasteiger charge is 2.16. The van der Waals surface area contributed by atoms with Gasteiger partial charge in [0.25, 0.3) is 0 Å². The molecule has 3 aromatic heterocycles. The normalized spacial score (nSPS) is 11.2. The number of hydrogen-bond donors (Lipinski definition) is 0. The molecule has 24 heavy (non-hydrogen) atoms. The van der Waals surface area contributed by atoms with Crippen molar-refractivity contribution in [3.63, 3.8) is 0 Å². The van der Waals surface area contributed by atoms with Crippen molar-refractivity contribution in [3.8, 4) is 5.69 Å². The monoisotopic (exact) mass is 355 g/mol. The molecular formula is C17H14ClN5S. The van der Waals surface area contributed by atoms with Crippen molar-refractivity contribution in [1.29, 1.82) is 0 Å². The Morgan fingerprint density at radius 2 is 1.83 bits per heavy atom. The summed E-state index contributed by atoms with van der Waals surface area (Å²) < 4.78 is 3.74. The number of halogens is 1. The van der Waals surface area contributed by atoms with Gasteiger partial charge in [-0.05, 0) is 31.2 Å². The van der Waals surface area contributed by atoms with Crippen LogP contribution in [0, 0.1) is 6.92 Å². The molecule has 0 bridgehead atoms. The first-order valence-electron chi connectivity index (χ1n) is 7.46. The smallest absolute Gasteiger partial charge is 0.195 e. The summed E-state index contributed by atoms with van der Waals surface area (Å²) in [7, 11) is 0. The second-order valence-electron chi connectivity index (χ2n) is 5.30. The van der Waals surface area contributed by atoms with E-state index >= 15 is 0 Å². The molecule has 0 amide bonds. The summed E-state index contributed by atoms with van der Waals surface area (Å²) in [5, 5.41) is 14.5. The number of rotatable bonds is 4. The van der Waals surface area contributed by atoms with Gasteiger partial charge in [0.15, 0.2) is 10.8 Å². The zero-order valence-corrected chi connectivity index (χ0v) is 14.5. The van der Waals surface area contributed by atoms with Gasteiger partial charge in [-0.25, -0.2) is 4.68 Å². The lowest BCUT2D eigenvalue weighted by molar-refractivity contribution is 0.863. The van der Waals surface area contributed by atoms with Crippen LogP contribution in [-0.2, 0) is 5.75 Å². The topological polar surface area (TPSA) is 48.0 Å². The number of benzene rings is 1. The van der Waals surface area contributed by atoms with E-state index in [1.807, 2.05) is 66.1 Å². The number of nitrogens with zero attached hydrogens (tertiary/aromatic N) is 5. The Hall–Kier alpha value is -2.31. The molecule has 0 radical (unpaired) electrons. The maximum absolute atomic E-state index is 6.57. The lowest BCUT2D eigenvalue weighted by Crippen LogP contribution is -1.96. The summed E-state index contributed by atoms with van der Waals surface area (Å²) in [5.74, 6) is 0.688. The van der Waals surface area contributed by atoms with Crippen LogP contribution in [0.5, 0.6) is 0 Å². The average molecular weight is 356 g/mol. The lowest BCUT2D eigenvalue weighted by Gasteiger charge is -2.03. The predicted octanol–water partition coefficient (Wildman–Crippen LogP) is 4.17. The molecule has 0 aliphatic rings. The molecule has 5 nitrogen and oxygen atoms in total. The van der Waals surface area contributed by atoms with Crippen molar-refractivity contribution in [3.05, 3.63) is 71.1 Å². The fourth-order valence-electron chi connectivity index (χ4n) is 2.49. The van der Waals surface area contributed by atoms with Gasteiger partial charge in [0.05, 0.1) is 11.4 Å². The molecule has 0 aliphatic carbocycles. The molecule has 4 aromatic rings. The summed E-state index contributed by atoms with van der Waals surface area (Å²) >= 11 is 8.16. The molecule has 0 fully saturated rings. The second-order valence-corrected chi connectivity index (χ2v) is 6.60. The maximum Gasteiger partial charge on any atom is 0.195 e. The molecule has 0 N–H and O–H groups in total. The highest BCUT2D eigenvalue weighted by molar-refractivity contribution is 7.98. The summed E-state index contributed by atoms with van der Waals surface area (Å²) in [6.45, 7) is 1.98. The molecule has 0 spiro atoms. The Morgan fingerprint density at radius 1 is 1.04 bits per heavy atom. The lowest BCUT2D eigenvalue weighted by atomic mass is 10.3. The maximum atomic E-state index is 6.57. The molecule has 0 saturated carbocycles. The number of fused-ring (bicyclic) bond motifs is 1. The summed E-state index contributed by atoms with van der Waals surface area (Å²) in [4.78, 5) is 0. The van der Waals surface area contributed by atoms with Crippen LogP contribution < -0.4 is 0 Å². The van der Waals surface area contributed by atoms with Gasteiger partial charge in [0.2, 0.25) is 0 Å². The first-order valence-corrected chi connectivity index (χ1v) is 8.82. The van der Waals surface area contributed by atoms with Gasteiger partial charge in [0.1, 0.15) is 5.15 Å². The van der Waals surface area contributed by atoms with E-state index in [1.165, 1.54) is 0 Å². The number of para-hydroxylation sites is 1. The predicted molar refractivity (Wildman–Crippen MR) is 95.9 cm³/mol. The van der Waals surface area contributed by atoms with Crippen LogP contribution in [0.25, 0.3) is 11.3 Å². The van der Waals surface area contributed by atoms with Crippen molar-refractivity contribution < 1.29 is 0 Å². The average Bonchev–Trinajstić information content (AvgIpc) is 3.15. The fraction of sp³-hybridized carbons (Fsp3) is 0.118. The van der Waals surface area contributed by atoms with Crippen LogP contribution in [0.1, 0.15) is 11.3 Å². The molecular weight excluding hydrogens is 342 g/mol. The van der Waals surface area contributed by atoms with E-state index in [1.54, 1.807) is 16.4 Å². The quantitative estimate of drug-likeness (QED) is 0.515. The first-order chi connectivity index (χ1) is 11.7. The molecule has 0 aliphatic heterocycles. The van der Waals surface area contributed by atoms with Crippen molar-refractivity contribution in [2.75, 3.05) is 0 Å². The van der Waals surface area contributed by atoms with Crippen LogP contribution in [0.2, 0.25) is 5.15 Å². The molecule has 0 atom stereocenters. The van der Waals surface area contributed by atoms with Gasteiger partial charge in [-0.15, -0.1) is 10.2 Å². The Labute approximate surface area is 148 Å². The number of aryl methyl sites for hydroxylation is 1. The highest BCUT2D eigenvalue weighted by Crippen LogP contribution is 2.29. The van der Waals surface area contributed by atoms with E-state index < -0.39 is 0 Å². The Balaban J connectivity index is 1.62. The fourth-order valence-corrected chi connectivity index (χ4v) is 3.92. The van der Waals surface area contributed by atoms with Gasteiger partial charge < -0.3 is 0 Å². The van der Waals surface area contributed by atoms with E-state index in [4.69, 9.17) is 11.6 Å². The third-order valence-electron chi connectivity index (χ3n) is 3.75. The molecule has 4 rings (SSSR count). The van der Waals surface area contributed by atoms with Crippen LogP contribution in [0.4, 0.5) is 0 Å². The highest BCUT2D eigenvalue weighted by atomic mass is 35.5. The Morgan fingerprint density at radius 3 is 2.67 bits per heavy atom. The van der Waals surface area contributed by atoms with Gasteiger partial charge in [0, 0.05) is 17.5 Å². The van der Waals surface area contributed by atoms with Gasteiger partial charge >= 0.3 is 0 Å². The molecule has 0 saturated heterocycles. The third-order valence-corrected chi connectivity index (χ3v) is 5.11. The summed E-state index contributed by atoms with van der Waals surface area (Å²) in [6.07, 6.45) is 1.96. The zero-order chi connectivity index (χ0) is 16.5. The van der Waals surface area contributed by atoms with Crippen LogP contribution >= 0.6 is 23.4 Å². The van der Waals surface area contributed by atoms with E-state index in [0.29, 0.717) is 10.9 Å². The van der Waals surface area contributed by atoms with Crippen LogP contribution in [0.3, 0.4) is 0 Å². The van der Waals surface area contributed by atoms with Crippen molar-refractivity contribution in [2.24, 2.45) is 0 Å². The zero-order valence-electron chi connectivity index (χ0n) is 12.9. The molecule has 1 aromatic carbocycles. The van der Waals surface area contributed by atoms with Crippen molar-refractivity contribution >= 4 is 29.0 Å². The number of thioether (sulfide) groups is 1. The number of aromatic nitrogens is 5. The Kier molecular flexibility index (Phi) is 4.00. The second kappa shape index (κ2) is 6.30. The standard InChI is InChI=1S/C17H14ClN5S/c1-12-14(16(18)23(21-12)13-7-3-2-4-8-13)11-24-17-20-19-15-9-5-6-10-22(15)17/h2-10H,11H2,1H3. The van der Waals surface area contributed by atoms with Gasteiger partial charge in [-0.1, -0.05) is 47.6 Å². The van der Waals surface area contributed by atoms with Gasteiger partial charge in [-0.2, -0.15) is 5.10 Å². The van der Waals surface area contributed by atoms with Gasteiger partial charge in [-0.3, -0.25) is 4.40 Å². The third kappa shape index (κ3) is 2.68. The first kappa shape index (κ1) is 15.2. The summed E-state index contributed by atoms with van der Waals surface area (Å²) in [5.41, 5.74) is 3.72. The van der Waals surface area contributed by atoms with E-state index in [-0.39, 0.29) is 0 Å². The minimum Gasteiger partial charge on any atom is -0.277 e. The van der Waals surface area contributed by atoms with E-state index in [9.17, 15) is 0 Å². The van der Waals surface area contributed by atoms with Crippen LogP contribution in [0.15, 0.2) is 59.9 Å². The van der Waals surface area contributed by atoms with Crippen molar-refractivity contribution in [2.45, 2.75) is 17.8 Å². The Bertz CT molecular complexity index is 993. The summed E-state index contributed by atoms with van der Waals surface area (Å²) in [6, 6.07) is 15.7. The molecule has 120 valence electrons. The molecule has 0 unspecified atom stereocenters.